The first-order chi connectivity index (χ1) is 6.70. The van der Waals surface area contributed by atoms with E-state index in [0.717, 1.165) is 25.1 Å². The van der Waals surface area contributed by atoms with Gasteiger partial charge in [-0.1, -0.05) is 6.07 Å². The lowest BCUT2D eigenvalue weighted by atomic mass is 9.95. The quantitative estimate of drug-likeness (QED) is 0.717. The lowest BCUT2D eigenvalue weighted by Crippen LogP contribution is -2.09. The summed E-state index contributed by atoms with van der Waals surface area (Å²) in [4.78, 5) is 0. The molecule has 3 heteroatoms. The average Bonchev–Trinajstić information content (AvgIpc) is 2.65. The molecule has 1 atom stereocenters. The summed E-state index contributed by atoms with van der Waals surface area (Å²) >= 11 is 0. The van der Waals surface area contributed by atoms with Crippen LogP contribution in [0.5, 0.6) is 5.75 Å². The van der Waals surface area contributed by atoms with E-state index in [1.165, 1.54) is 6.07 Å². The minimum Gasteiger partial charge on any atom is -0.507 e. The molecule has 1 saturated heterocycles. The fraction of sp³-hybridized carbons (Fsp3) is 0.455. The number of benzene rings is 1. The van der Waals surface area contributed by atoms with E-state index in [1.807, 2.05) is 0 Å². The highest BCUT2D eigenvalue weighted by molar-refractivity contribution is 5.43. The van der Waals surface area contributed by atoms with Gasteiger partial charge in [-0.2, -0.15) is 0 Å². The Hall–Kier alpha value is -1.09. The van der Waals surface area contributed by atoms with Crippen LogP contribution >= 0.6 is 0 Å². The summed E-state index contributed by atoms with van der Waals surface area (Å²) in [5.74, 6) is -0.0459. The molecule has 2 rings (SSSR count). The minimum atomic E-state index is -0.290. The van der Waals surface area contributed by atoms with Gasteiger partial charge in [0.25, 0.3) is 0 Å². The molecule has 14 heavy (non-hydrogen) atoms. The van der Waals surface area contributed by atoms with Gasteiger partial charge in [-0.3, -0.25) is 0 Å². The van der Waals surface area contributed by atoms with Crippen LogP contribution in [0.2, 0.25) is 0 Å². The number of hydrogen-bond donors (Lipinski definition) is 2. The van der Waals surface area contributed by atoms with Gasteiger partial charge in [0, 0.05) is 18.0 Å². The Morgan fingerprint density at radius 1 is 1.50 bits per heavy atom. The van der Waals surface area contributed by atoms with E-state index in [4.69, 9.17) is 0 Å². The largest absolute Gasteiger partial charge is 0.507 e. The minimum absolute atomic E-state index is 0.120. The number of hydrogen-bond acceptors (Lipinski definition) is 2. The van der Waals surface area contributed by atoms with Gasteiger partial charge < -0.3 is 10.4 Å². The number of halogens is 1. The van der Waals surface area contributed by atoms with Crippen molar-refractivity contribution in [3.05, 3.63) is 29.1 Å². The lowest BCUT2D eigenvalue weighted by Gasteiger charge is -2.13. The van der Waals surface area contributed by atoms with Crippen molar-refractivity contribution in [2.45, 2.75) is 19.3 Å². The first kappa shape index (κ1) is 9.46. The molecule has 1 aliphatic heterocycles. The molecular formula is C11H14FNO. The monoisotopic (exact) mass is 195 g/mol. The van der Waals surface area contributed by atoms with Crippen LogP contribution in [0, 0.1) is 12.7 Å². The van der Waals surface area contributed by atoms with Gasteiger partial charge in [-0.25, -0.2) is 4.39 Å². The van der Waals surface area contributed by atoms with E-state index in [9.17, 15) is 9.50 Å². The SMILES string of the molecule is Cc1ccc(F)c(C2CCNC2)c1O. The fourth-order valence-corrected chi connectivity index (χ4v) is 1.98. The summed E-state index contributed by atoms with van der Waals surface area (Å²) in [6.45, 7) is 3.45. The zero-order valence-electron chi connectivity index (χ0n) is 8.18. The summed E-state index contributed by atoms with van der Waals surface area (Å²) in [5, 5.41) is 12.9. The molecule has 1 heterocycles. The second-order valence-electron chi connectivity index (χ2n) is 3.82. The number of nitrogens with one attached hydrogen (secondary N) is 1. The van der Waals surface area contributed by atoms with Crippen LogP contribution in [0.25, 0.3) is 0 Å². The number of rotatable bonds is 1. The molecule has 1 unspecified atom stereocenters. The third-order valence-corrected chi connectivity index (χ3v) is 2.83. The van der Waals surface area contributed by atoms with Gasteiger partial charge in [0.2, 0.25) is 0 Å². The Morgan fingerprint density at radius 2 is 2.29 bits per heavy atom. The van der Waals surface area contributed by atoms with Crippen molar-refractivity contribution in [1.82, 2.24) is 5.32 Å². The van der Waals surface area contributed by atoms with Gasteiger partial charge in [-0.05, 0) is 31.5 Å². The van der Waals surface area contributed by atoms with Crippen molar-refractivity contribution in [3.63, 3.8) is 0 Å². The van der Waals surface area contributed by atoms with Crippen LogP contribution in [0.1, 0.15) is 23.5 Å². The van der Waals surface area contributed by atoms with Crippen LogP contribution < -0.4 is 5.32 Å². The summed E-state index contributed by atoms with van der Waals surface area (Å²) in [5.41, 5.74) is 1.23. The third-order valence-electron chi connectivity index (χ3n) is 2.83. The molecule has 2 N–H and O–H groups in total. The molecule has 1 aromatic rings. The van der Waals surface area contributed by atoms with E-state index in [1.54, 1.807) is 13.0 Å². The highest BCUT2D eigenvalue weighted by Gasteiger charge is 2.23. The van der Waals surface area contributed by atoms with Crippen LogP contribution in [0.15, 0.2) is 12.1 Å². The summed E-state index contributed by atoms with van der Waals surface area (Å²) in [6.07, 6.45) is 0.897. The summed E-state index contributed by atoms with van der Waals surface area (Å²) in [7, 11) is 0. The topological polar surface area (TPSA) is 32.3 Å². The van der Waals surface area contributed by atoms with Crippen molar-refractivity contribution in [2.24, 2.45) is 0 Å². The Kier molecular flexibility index (Phi) is 2.42. The van der Waals surface area contributed by atoms with E-state index in [0.29, 0.717) is 5.56 Å². The zero-order chi connectivity index (χ0) is 10.1. The van der Waals surface area contributed by atoms with Crippen LogP contribution in [0.4, 0.5) is 4.39 Å². The second kappa shape index (κ2) is 3.58. The maximum absolute atomic E-state index is 13.5. The maximum atomic E-state index is 13.5. The lowest BCUT2D eigenvalue weighted by molar-refractivity contribution is 0.447. The van der Waals surface area contributed by atoms with E-state index >= 15 is 0 Å². The second-order valence-corrected chi connectivity index (χ2v) is 3.82. The predicted octanol–water partition coefficient (Wildman–Crippen LogP) is 1.92. The van der Waals surface area contributed by atoms with Crippen molar-refractivity contribution < 1.29 is 9.50 Å². The molecule has 0 aromatic heterocycles. The van der Waals surface area contributed by atoms with Crippen molar-refractivity contribution >= 4 is 0 Å². The van der Waals surface area contributed by atoms with Crippen molar-refractivity contribution in [3.8, 4) is 5.75 Å². The number of aromatic hydroxyl groups is 1. The third kappa shape index (κ3) is 1.48. The number of phenols is 1. The van der Waals surface area contributed by atoms with E-state index in [2.05, 4.69) is 5.32 Å². The van der Waals surface area contributed by atoms with Crippen molar-refractivity contribution in [2.75, 3.05) is 13.1 Å². The van der Waals surface area contributed by atoms with Gasteiger partial charge in [0.05, 0.1) is 0 Å². The molecule has 1 aliphatic rings. The molecule has 0 spiro atoms. The standard InChI is InChI=1S/C11H14FNO/c1-7-2-3-9(12)10(11(7)14)8-4-5-13-6-8/h2-3,8,13-14H,4-6H2,1H3. The van der Waals surface area contributed by atoms with Crippen molar-refractivity contribution in [1.29, 1.82) is 0 Å². The highest BCUT2D eigenvalue weighted by Crippen LogP contribution is 2.34. The van der Waals surface area contributed by atoms with Gasteiger partial charge in [0.1, 0.15) is 11.6 Å². The smallest absolute Gasteiger partial charge is 0.130 e. The first-order valence-electron chi connectivity index (χ1n) is 4.89. The normalized spacial score (nSPS) is 21.4. The number of aryl methyl sites for hydroxylation is 1. The van der Waals surface area contributed by atoms with Crippen LogP contribution in [-0.4, -0.2) is 18.2 Å². The molecular weight excluding hydrogens is 181 g/mol. The number of phenolic OH excluding ortho intramolecular Hbond substituents is 1. The average molecular weight is 195 g/mol. The van der Waals surface area contributed by atoms with E-state index in [-0.39, 0.29) is 17.5 Å². The maximum Gasteiger partial charge on any atom is 0.130 e. The molecule has 76 valence electrons. The molecule has 0 amide bonds. The molecule has 0 aliphatic carbocycles. The predicted molar refractivity (Wildman–Crippen MR) is 53.0 cm³/mol. The van der Waals surface area contributed by atoms with Gasteiger partial charge in [0.15, 0.2) is 0 Å². The molecule has 1 aromatic carbocycles. The van der Waals surface area contributed by atoms with Crippen LogP contribution in [0.3, 0.4) is 0 Å². The summed E-state index contributed by atoms with van der Waals surface area (Å²) in [6, 6.07) is 3.04. The fourth-order valence-electron chi connectivity index (χ4n) is 1.98. The van der Waals surface area contributed by atoms with Gasteiger partial charge >= 0.3 is 0 Å². The summed E-state index contributed by atoms with van der Waals surface area (Å²) < 4.78 is 13.5. The molecule has 1 fully saturated rings. The highest BCUT2D eigenvalue weighted by atomic mass is 19.1. The molecule has 0 radical (unpaired) electrons. The Bertz CT molecular complexity index is 345. The molecule has 0 bridgehead atoms. The first-order valence-corrected chi connectivity index (χ1v) is 4.89. The Balaban J connectivity index is 2.44. The van der Waals surface area contributed by atoms with Crippen LogP contribution in [-0.2, 0) is 0 Å². The van der Waals surface area contributed by atoms with E-state index < -0.39 is 0 Å². The Morgan fingerprint density at radius 3 is 2.93 bits per heavy atom. The molecule has 2 nitrogen and oxygen atoms in total. The Labute approximate surface area is 82.8 Å². The molecule has 0 saturated carbocycles. The zero-order valence-corrected chi connectivity index (χ0v) is 8.18. The van der Waals surface area contributed by atoms with Gasteiger partial charge in [-0.15, -0.1) is 0 Å².